The fraction of sp³-hybridized carbons (Fsp3) is 0.222. The van der Waals surface area contributed by atoms with Crippen molar-refractivity contribution in [1.82, 2.24) is 9.88 Å². The molecule has 1 amide bonds. The first-order chi connectivity index (χ1) is 16.9. The lowest BCUT2D eigenvalue weighted by Crippen LogP contribution is -2.29. The summed E-state index contributed by atoms with van der Waals surface area (Å²) in [6, 6.07) is 14.6. The number of likely N-dealkylation sites (tertiary alicyclic amines) is 1. The number of ether oxygens (including phenoxy) is 2. The van der Waals surface area contributed by atoms with E-state index in [0.29, 0.717) is 40.9 Å². The van der Waals surface area contributed by atoms with Crippen LogP contribution in [0.5, 0.6) is 11.5 Å². The maximum Gasteiger partial charge on any atom is 0.295 e. The molecule has 4 rings (SSSR count). The number of Topliss-reactive ketones (excluding diaryl/α,β-unsaturated/α-hetero) is 1. The molecule has 1 atom stereocenters. The molecule has 0 saturated carbocycles. The second-order valence-corrected chi connectivity index (χ2v) is 8.29. The Morgan fingerprint density at radius 1 is 1.00 bits per heavy atom. The lowest BCUT2D eigenvalue weighted by molar-refractivity contribution is -0.140. The number of hydrogen-bond acceptors (Lipinski definition) is 6. The Labute approximate surface area is 208 Å². The number of benzene rings is 2. The van der Waals surface area contributed by atoms with Crippen molar-refractivity contribution in [3.63, 3.8) is 0 Å². The summed E-state index contributed by atoms with van der Waals surface area (Å²) in [5.74, 6) is -0.863. The Bertz CT molecular complexity index is 1260. The number of carbonyl (C=O) groups excluding carboxylic acids is 2. The van der Waals surface area contributed by atoms with Crippen molar-refractivity contribution in [3.8, 4) is 11.5 Å². The quantitative estimate of drug-likeness (QED) is 0.265. The maximum atomic E-state index is 13.3. The molecule has 3 aromatic rings. The Morgan fingerprint density at radius 3 is 2.34 bits per heavy atom. The smallest absolute Gasteiger partial charge is 0.295 e. The van der Waals surface area contributed by atoms with Crippen molar-refractivity contribution in [2.45, 2.75) is 26.4 Å². The Hall–Kier alpha value is -3.84. The van der Waals surface area contributed by atoms with Crippen LogP contribution in [-0.2, 0) is 16.1 Å². The topological polar surface area (TPSA) is 89.0 Å². The summed E-state index contributed by atoms with van der Waals surface area (Å²) >= 11 is 6.09. The van der Waals surface area contributed by atoms with Gasteiger partial charge in [-0.05, 0) is 61.4 Å². The minimum Gasteiger partial charge on any atom is -0.507 e. The summed E-state index contributed by atoms with van der Waals surface area (Å²) in [6.07, 6.45) is 3.25. The van der Waals surface area contributed by atoms with E-state index < -0.39 is 17.7 Å². The zero-order chi connectivity index (χ0) is 24.9. The van der Waals surface area contributed by atoms with Gasteiger partial charge in [0.15, 0.2) is 0 Å². The SMILES string of the molecule is CCOc1ccc(/C(O)=C2/C(=O)C(=O)N(Cc3ccncc3)C2c2ccc(Cl)cc2)c(OCC)c1. The summed E-state index contributed by atoms with van der Waals surface area (Å²) in [5.41, 5.74) is 1.73. The highest BCUT2D eigenvalue weighted by Gasteiger charge is 2.46. The van der Waals surface area contributed by atoms with Gasteiger partial charge in [-0.3, -0.25) is 14.6 Å². The number of amides is 1. The van der Waals surface area contributed by atoms with Gasteiger partial charge in [0.2, 0.25) is 0 Å². The molecule has 0 bridgehead atoms. The second kappa shape index (κ2) is 10.6. The molecule has 1 aliphatic rings. The van der Waals surface area contributed by atoms with E-state index in [9.17, 15) is 14.7 Å². The van der Waals surface area contributed by atoms with Gasteiger partial charge in [-0.15, -0.1) is 0 Å². The highest BCUT2D eigenvalue weighted by atomic mass is 35.5. The fourth-order valence-corrected chi connectivity index (χ4v) is 4.22. The van der Waals surface area contributed by atoms with Crippen molar-refractivity contribution < 1.29 is 24.2 Å². The van der Waals surface area contributed by atoms with Crippen molar-refractivity contribution in [1.29, 1.82) is 0 Å². The molecular weight excluding hydrogens is 468 g/mol. The van der Waals surface area contributed by atoms with E-state index in [4.69, 9.17) is 21.1 Å². The third-order valence-corrected chi connectivity index (χ3v) is 5.90. The van der Waals surface area contributed by atoms with Crippen LogP contribution in [0.15, 0.2) is 72.6 Å². The van der Waals surface area contributed by atoms with Crippen LogP contribution in [0.25, 0.3) is 5.76 Å². The molecule has 2 heterocycles. The number of ketones is 1. The van der Waals surface area contributed by atoms with Crippen LogP contribution in [0.2, 0.25) is 5.02 Å². The van der Waals surface area contributed by atoms with E-state index in [1.54, 1.807) is 67.0 Å². The van der Waals surface area contributed by atoms with Gasteiger partial charge < -0.3 is 19.5 Å². The van der Waals surface area contributed by atoms with Gasteiger partial charge in [-0.1, -0.05) is 23.7 Å². The lowest BCUT2D eigenvalue weighted by atomic mass is 9.95. The van der Waals surface area contributed by atoms with E-state index in [1.807, 2.05) is 13.8 Å². The van der Waals surface area contributed by atoms with Gasteiger partial charge in [0, 0.05) is 30.0 Å². The third kappa shape index (κ3) is 5.00. The first kappa shape index (κ1) is 24.3. The van der Waals surface area contributed by atoms with Crippen LogP contribution in [0.3, 0.4) is 0 Å². The van der Waals surface area contributed by atoms with Gasteiger partial charge in [0.25, 0.3) is 11.7 Å². The van der Waals surface area contributed by atoms with Crippen molar-refractivity contribution in [3.05, 3.63) is 94.3 Å². The van der Waals surface area contributed by atoms with Crippen LogP contribution in [0.1, 0.15) is 36.6 Å². The number of aliphatic hydroxyl groups excluding tert-OH is 1. The number of halogens is 1. The van der Waals surface area contributed by atoms with E-state index in [2.05, 4.69) is 4.98 Å². The largest absolute Gasteiger partial charge is 0.507 e. The molecule has 1 saturated heterocycles. The first-order valence-electron chi connectivity index (χ1n) is 11.3. The highest BCUT2D eigenvalue weighted by Crippen LogP contribution is 2.42. The van der Waals surface area contributed by atoms with E-state index in [-0.39, 0.29) is 17.9 Å². The van der Waals surface area contributed by atoms with Gasteiger partial charge in [0.1, 0.15) is 17.3 Å². The van der Waals surface area contributed by atoms with Crippen molar-refractivity contribution in [2.75, 3.05) is 13.2 Å². The molecule has 180 valence electrons. The maximum absolute atomic E-state index is 13.3. The number of aromatic nitrogens is 1. The molecular formula is C27H25ClN2O5. The minimum absolute atomic E-state index is 0.0171. The number of carbonyl (C=O) groups is 2. The molecule has 8 heteroatoms. The third-order valence-electron chi connectivity index (χ3n) is 5.65. The van der Waals surface area contributed by atoms with Crippen LogP contribution < -0.4 is 9.47 Å². The first-order valence-corrected chi connectivity index (χ1v) is 11.6. The Morgan fingerprint density at radius 2 is 1.69 bits per heavy atom. The average Bonchev–Trinajstić information content (AvgIpc) is 3.10. The number of nitrogens with zero attached hydrogens (tertiary/aromatic N) is 2. The average molecular weight is 493 g/mol. The summed E-state index contributed by atoms with van der Waals surface area (Å²) in [7, 11) is 0. The normalized spacial score (nSPS) is 17.0. The second-order valence-electron chi connectivity index (χ2n) is 7.86. The summed E-state index contributed by atoms with van der Waals surface area (Å²) in [6.45, 7) is 4.66. The van der Waals surface area contributed by atoms with Gasteiger partial charge in [-0.2, -0.15) is 0 Å². The number of rotatable bonds is 8. The van der Waals surface area contributed by atoms with Crippen molar-refractivity contribution >= 4 is 29.1 Å². The summed E-state index contributed by atoms with van der Waals surface area (Å²) < 4.78 is 11.3. The van der Waals surface area contributed by atoms with Crippen LogP contribution in [0.4, 0.5) is 0 Å². The van der Waals surface area contributed by atoms with Crippen LogP contribution in [0, 0.1) is 0 Å². The van der Waals surface area contributed by atoms with Crippen molar-refractivity contribution in [2.24, 2.45) is 0 Å². The van der Waals surface area contributed by atoms with E-state index in [1.165, 1.54) is 4.90 Å². The minimum atomic E-state index is -0.818. The highest BCUT2D eigenvalue weighted by molar-refractivity contribution is 6.46. The lowest BCUT2D eigenvalue weighted by Gasteiger charge is -2.25. The predicted molar refractivity (Wildman–Crippen MR) is 132 cm³/mol. The molecule has 1 aromatic heterocycles. The summed E-state index contributed by atoms with van der Waals surface area (Å²) in [5, 5.41) is 11.9. The molecule has 0 aliphatic carbocycles. The Kier molecular flexibility index (Phi) is 7.36. The number of pyridine rings is 1. The van der Waals surface area contributed by atoms with E-state index in [0.717, 1.165) is 5.56 Å². The van der Waals surface area contributed by atoms with Gasteiger partial charge in [0.05, 0.1) is 30.4 Å². The van der Waals surface area contributed by atoms with Crippen LogP contribution >= 0.6 is 11.6 Å². The fourth-order valence-electron chi connectivity index (χ4n) is 4.09. The summed E-state index contributed by atoms with van der Waals surface area (Å²) in [4.78, 5) is 31.9. The zero-order valence-corrected chi connectivity index (χ0v) is 20.2. The molecule has 2 aromatic carbocycles. The van der Waals surface area contributed by atoms with Gasteiger partial charge in [-0.25, -0.2) is 0 Å². The standard InChI is InChI=1S/C27H25ClN2O5/c1-3-34-20-9-10-21(22(15-20)35-4-2)25(31)23-24(18-5-7-19(28)8-6-18)30(27(33)26(23)32)16-17-11-13-29-14-12-17/h5-15,24,31H,3-4,16H2,1-2H3/b25-23-. The monoisotopic (exact) mass is 492 g/mol. The zero-order valence-electron chi connectivity index (χ0n) is 19.4. The number of aliphatic hydroxyl groups is 1. The van der Waals surface area contributed by atoms with Gasteiger partial charge >= 0.3 is 0 Å². The number of hydrogen-bond donors (Lipinski definition) is 1. The molecule has 1 fully saturated rings. The molecule has 7 nitrogen and oxygen atoms in total. The van der Waals surface area contributed by atoms with E-state index >= 15 is 0 Å². The molecule has 1 unspecified atom stereocenters. The molecule has 1 N–H and O–H groups in total. The molecule has 0 spiro atoms. The molecule has 35 heavy (non-hydrogen) atoms. The predicted octanol–water partition coefficient (Wildman–Crippen LogP) is 5.15. The molecule has 0 radical (unpaired) electrons. The van der Waals surface area contributed by atoms with Crippen LogP contribution in [-0.4, -0.2) is 39.9 Å². The Balaban J connectivity index is 1.87. The molecule has 1 aliphatic heterocycles.